The van der Waals surface area contributed by atoms with Crippen LogP contribution in [-0.4, -0.2) is 39.3 Å². The molecular weight excluding hydrogens is 242 g/mol. The lowest BCUT2D eigenvalue weighted by Crippen LogP contribution is -2.36. The van der Waals surface area contributed by atoms with Crippen molar-refractivity contribution in [1.82, 2.24) is 15.0 Å². The Morgan fingerprint density at radius 1 is 1.37 bits per heavy atom. The Kier molecular flexibility index (Phi) is 4.26. The summed E-state index contributed by atoms with van der Waals surface area (Å²) in [6.45, 7) is 10.8. The van der Waals surface area contributed by atoms with Crippen molar-refractivity contribution in [1.29, 1.82) is 0 Å². The first-order valence-corrected chi connectivity index (χ1v) is 7.10. The molecule has 1 N–H and O–H groups in total. The van der Waals surface area contributed by atoms with Crippen LogP contribution in [0.5, 0.6) is 0 Å². The van der Waals surface area contributed by atoms with E-state index < -0.39 is 0 Å². The van der Waals surface area contributed by atoms with Crippen LogP contribution >= 0.6 is 0 Å². The normalized spacial score (nSPS) is 20.7. The molecule has 1 unspecified atom stereocenters. The third-order valence-electron chi connectivity index (χ3n) is 3.79. The number of hydrogen-bond acceptors (Lipinski definition) is 5. The van der Waals surface area contributed by atoms with Crippen LogP contribution in [0.15, 0.2) is 4.52 Å². The Labute approximate surface area is 115 Å². The number of aliphatic hydroxyl groups excluding tert-OH is 1. The highest BCUT2D eigenvalue weighted by Gasteiger charge is 2.25. The molecule has 1 aromatic rings. The second-order valence-corrected chi connectivity index (χ2v) is 6.62. The van der Waals surface area contributed by atoms with Crippen molar-refractivity contribution in [2.45, 2.75) is 58.6 Å². The van der Waals surface area contributed by atoms with Crippen LogP contribution in [0.25, 0.3) is 0 Å². The zero-order valence-corrected chi connectivity index (χ0v) is 12.4. The molecular formula is C14H25N3O2. The number of likely N-dealkylation sites (tertiary alicyclic amines) is 1. The topological polar surface area (TPSA) is 62.4 Å². The van der Waals surface area contributed by atoms with Gasteiger partial charge in [0, 0.05) is 5.41 Å². The summed E-state index contributed by atoms with van der Waals surface area (Å²) in [7, 11) is 0. The second-order valence-electron chi connectivity index (χ2n) is 6.62. The van der Waals surface area contributed by atoms with Gasteiger partial charge in [0.15, 0.2) is 5.82 Å². The van der Waals surface area contributed by atoms with Crippen LogP contribution in [0.4, 0.5) is 0 Å². The SMILES string of the molecule is CC(O)C1CCN(Cc2noc(C(C)(C)C)n2)CC1. The van der Waals surface area contributed by atoms with Gasteiger partial charge in [-0.25, -0.2) is 0 Å². The van der Waals surface area contributed by atoms with Crippen molar-refractivity contribution in [3.05, 3.63) is 11.7 Å². The molecule has 1 atom stereocenters. The lowest BCUT2D eigenvalue weighted by molar-refractivity contribution is 0.0684. The average molecular weight is 267 g/mol. The monoisotopic (exact) mass is 267 g/mol. The molecule has 0 amide bonds. The van der Waals surface area contributed by atoms with Gasteiger partial charge in [-0.05, 0) is 38.8 Å². The smallest absolute Gasteiger partial charge is 0.232 e. The fourth-order valence-corrected chi connectivity index (χ4v) is 2.42. The third kappa shape index (κ3) is 3.76. The van der Waals surface area contributed by atoms with E-state index in [0.717, 1.165) is 38.3 Å². The molecule has 1 aliphatic rings. The molecule has 0 bridgehead atoms. The Balaban J connectivity index is 1.87. The van der Waals surface area contributed by atoms with E-state index in [9.17, 15) is 5.11 Å². The number of piperidine rings is 1. The van der Waals surface area contributed by atoms with Crippen LogP contribution in [0, 0.1) is 5.92 Å². The molecule has 0 spiro atoms. The molecule has 2 rings (SSSR count). The average Bonchev–Trinajstić information content (AvgIpc) is 2.78. The summed E-state index contributed by atoms with van der Waals surface area (Å²) in [6, 6.07) is 0. The Morgan fingerprint density at radius 2 is 2.00 bits per heavy atom. The summed E-state index contributed by atoms with van der Waals surface area (Å²) in [6.07, 6.45) is 1.89. The van der Waals surface area contributed by atoms with Crippen molar-refractivity contribution < 1.29 is 9.63 Å². The first-order chi connectivity index (χ1) is 8.86. The van der Waals surface area contributed by atoms with Gasteiger partial charge in [0.25, 0.3) is 0 Å². The highest BCUT2D eigenvalue weighted by Crippen LogP contribution is 2.23. The quantitative estimate of drug-likeness (QED) is 0.907. The molecule has 1 aromatic heterocycles. The molecule has 108 valence electrons. The van der Waals surface area contributed by atoms with Crippen molar-refractivity contribution in [3.63, 3.8) is 0 Å². The molecule has 19 heavy (non-hydrogen) atoms. The molecule has 2 heterocycles. The maximum atomic E-state index is 9.59. The molecule has 1 aliphatic heterocycles. The van der Waals surface area contributed by atoms with Gasteiger partial charge in [-0.2, -0.15) is 4.98 Å². The fourth-order valence-electron chi connectivity index (χ4n) is 2.42. The second kappa shape index (κ2) is 5.59. The van der Waals surface area contributed by atoms with Gasteiger partial charge in [0.05, 0.1) is 12.6 Å². The minimum Gasteiger partial charge on any atom is -0.393 e. The highest BCUT2D eigenvalue weighted by atomic mass is 16.5. The standard InChI is InChI=1S/C14H25N3O2/c1-10(18)11-5-7-17(8-6-11)9-12-15-13(19-16-12)14(2,3)4/h10-11,18H,5-9H2,1-4H3. The Morgan fingerprint density at radius 3 is 2.47 bits per heavy atom. The Hall–Kier alpha value is -0.940. The number of hydrogen-bond donors (Lipinski definition) is 1. The molecule has 1 saturated heterocycles. The molecule has 5 nitrogen and oxygen atoms in total. The van der Waals surface area contributed by atoms with Crippen LogP contribution in [0.1, 0.15) is 52.3 Å². The van der Waals surface area contributed by atoms with E-state index in [-0.39, 0.29) is 11.5 Å². The van der Waals surface area contributed by atoms with Gasteiger partial charge in [0.2, 0.25) is 5.89 Å². The van der Waals surface area contributed by atoms with Gasteiger partial charge in [-0.15, -0.1) is 0 Å². The van der Waals surface area contributed by atoms with E-state index in [2.05, 4.69) is 35.8 Å². The zero-order chi connectivity index (χ0) is 14.0. The molecule has 0 aromatic carbocycles. The Bertz CT molecular complexity index is 401. The summed E-state index contributed by atoms with van der Waals surface area (Å²) < 4.78 is 5.30. The van der Waals surface area contributed by atoms with Gasteiger partial charge >= 0.3 is 0 Å². The summed E-state index contributed by atoms with van der Waals surface area (Å²) in [5, 5.41) is 13.6. The van der Waals surface area contributed by atoms with Crippen molar-refractivity contribution in [2.24, 2.45) is 5.92 Å². The van der Waals surface area contributed by atoms with Gasteiger partial charge in [-0.1, -0.05) is 25.9 Å². The number of aromatic nitrogens is 2. The van der Waals surface area contributed by atoms with Crippen LogP contribution in [-0.2, 0) is 12.0 Å². The van der Waals surface area contributed by atoms with E-state index in [0.29, 0.717) is 11.8 Å². The third-order valence-corrected chi connectivity index (χ3v) is 3.79. The predicted octanol–water partition coefficient (Wildman–Crippen LogP) is 1.96. The van der Waals surface area contributed by atoms with E-state index in [1.165, 1.54) is 0 Å². The van der Waals surface area contributed by atoms with E-state index in [1.54, 1.807) is 0 Å². The van der Waals surface area contributed by atoms with Crippen LogP contribution < -0.4 is 0 Å². The van der Waals surface area contributed by atoms with Crippen molar-refractivity contribution in [2.75, 3.05) is 13.1 Å². The van der Waals surface area contributed by atoms with E-state index in [1.807, 2.05) is 6.92 Å². The summed E-state index contributed by atoms with van der Waals surface area (Å²) in [5.41, 5.74) is -0.0927. The van der Waals surface area contributed by atoms with E-state index in [4.69, 9.17) is 4.52 Å². The molecule has 0 aliphatic carbocycles. The lowest BCUT2D eigenvalue weighted by atomic mass is 9.92. The molecule has 0 saturated carbocycles. The number of rotatable bonds is 3. The van der Waals surface area contributed by atoms with Gasteiger partial charge < -0.3 is 9.63 Å². The van der Waals surface area contributed by atoms with E-state index >= 15 is 0 Å². The molecule has 5 heteroatoms. The zero-order valence-electron chi connectivity index (χ0n) is 12.4. The maximum Gasteiger partial charge on any atom is 0.232 e. The van der Waals surface area contributed by atoms with Crippen molar-refractivity contribution >= 4 is 0 Å². The van der Waals surface area contributed by atoms with Gasteiger partial charge in [-0.3, -0.25) is 4.90 Å². The minimum absolute atomic E-state index is 0.0927. The first-order valence-electron chi connectivity index (χ1n) is 7.10. The molecule has 0 radical (unpaired) electrons. The lowest BCUT2D eigenvalue weighted by Gasteiger charge is -2.32. The first kappa shape index (κ1) is 14.5. The van der Waals surface area contributed by atoms with Gasteiger partial charge in [0.1, 0.15) is 0 Å². The van der Waals surface area contributed by atoms with Crippen LogP contribution in [0.3, 0.4) is 0 Å². The minimum atomic E-state index is -0.195. The maximum absolute atomic E-state index is 9.59. The number of aliphatic hydroxyl groups is 1. The summed E-state index contributed by atoms with van der Waals surface area (Å²) in [5.74, 6) is 1.90. The van der Waals surface area contributed by atoms with Crippen LogP contribution in [0.2, 0.25) is 0 Å². The summed E-state index contributed by atoms with van der Waals surface area (Å²) >= 11 is 0. The number of nitrogens with zero attached hydrogens (tertiary/aromatic N) is 3. The summed E-state index contributed by atoms with van der Waals surface area (Å²) in [4.78, 5) is 6.79. The molecule has 1 fully saturated rings. The fraction of sp³-hybridized carbons (Fsp3) is 0.857. The predicted molar refractivity (Wildman–Crippen MR) is 72.7 cm³/mol. The largest absolute Gasteiger partial charge is 0.393 e. The van der Waals surface area contributed by atoms with Crippen molar-refractivity contribution in [3.8, 4) is 0 Å². The highest BCUT2D eigenvalue weighted by molar-refractivity contribution is 4.98.